The summed E-state index contributed by atoms with van der Waals surface area (Å²) in [4.78, 5) is 2.48. The van der Waals surface area contributed by atoms with Gasteiger partial charge in [0.1, 0.15) is 0 Å². The van der Waals surface area contributed by atoms with Gasteiger partial charge in [0.25, 0.3) is 0 Å². The van der Waals surface area contributed by atoms with E-state index in [2.05, 4.69) is 55.4 Å². The zero-order chi connectivity index (χ0) is 13.4. The van der Waals surface area contributed by atoms with Crippen LogP contribution in [0, 0.1) is 0 Å². The molecule has 0 heterocycles. The fourth-order valence-electron chi connectivity index (χ4n) is 2.53. The first-order valence-electron chi connectivity index (χ1n) is 7.14. The lowest BCUT2D eigenvalue weighted by Gasteiger charge is -2.27. The van der Waals surface area contributed by atoms with Crippen molar-refractivity contribution in [2.75, 3.05) is 20.6 Å². The molecule has 0 aliphatic rings. The van der Waals surface area contributed by atoms with Crippen LogP contribution >= 0.6 is 0 Å². The zero-order valence-electron chi connectivity index (χ0n) is 12.4. The molecule has 2 nitrogen and oxygen atoms in total. The molecule has 0 bridgehead atoms. The SMILES string of the molecule is CCC(CC)N(C)Cc1ccccc1CCNC. The number of nitrogens with one attached hydrogen (secondary N) is 1. The molecular formula is C16H28N2. The van der Waals surface area contributed by atoms with Crippen LogP contribution in [0.1, 0.15) is 37.8 Å². The van der Waals surface area contributed by atoms with Crippen molar-refractivity contribution in [3.05, 3.63) is 35.4 Å². The van der Waals surface area contributed by atoms with Crippen LogP contribution in [0.3, 0.4) is 0 Å². The Morgan fingerprint density at radius 3 is 2.28 bits per heavy atom. The lowest BCUT2D eigenvalue weighted by molar-refractivity contribution is 0.221. The number of rotatable bonds is 8. The van der Waals surface area contributed by atoms with Crippen molar-refractivity contribution >= 4 is 0 Å². The topological polar surface area (TPSA) is 15.3 Å². The maximum absolute atomic E-state index is 3.23. The van der Waals surface area contributed by atoms with Crippen LogP contribution in [0.15, 0.2) is 24.3 Å². The molecule has 0 saturated heterocycles. The quantitative estimate of drug-likeness (QED) is 0.760. The highest BCUT2D eigenvalue weighted by Gasteiger charge is 2.12. The average molecular weight is 248 g/mol. The lowest BCUT2D eigenvalue weighted by atomic mass is 10.0. The van der Waals surface area contributed by atoms with E-state index in [0.29, 0.717) is 6.04 Å². The predicted octanol–water partition coefficient (Wildman–Crippen LogP) is 3.07. The number of benzene rings is 1. The minimum absolute atomic E-state index is 0.697. The molecule has 102 valence electrons. The molecule has 1 N–H and O–H groups in total. The molecule has 0 saturated carbocycles. The van der Waals surface area contributed by atoms with E-state index in [-0.39, 0.29) is 0 Å². The van der Waals surface area contributed by atoms with Crippen LogP contribution in [-0.2, 0) is 13.0 Å². The third kappa shape index (κ3) is 4.43. The summed E-state index contributed by atoms with van der Waals surface area (Å²) in [5, 5.41) is 3.23. The first-order valence-corrected chi connectivity index (χ1v) is 7.14. The first kappa shape index (κ1) is 15.2. The van der Waals surface area contributed by atoms with E-state index < -0.39 is 0 Å². The molecule has 0 unspecified atom stereocenters. The van der Waals surface area contributed by atoms with Crippen molar-refractivity contribution in [2.24, 2.45) is 0 Å². The summed E-state index contributed by atoms with van der Waals surface area (Å²) < 4.78 is 0. The van der Waals surface area contributed by atoms with Crippen LogP contribution < -0.4 is 5.32 Å². The summed E-state index contributed by atoms with van der Waals surface area (Å²) >= 11 is 0. The van der Waals surface area contributed by atoms with Crippen molar-refractivity contribution in [1.82, 2.24) is 10.2 Å². The third-order valence-corrected chi connectivity index (χ3v) is 3.75. The van der Waals surface area contributed by atoms with Crippen molar-refractivity contribution < 1.29 is 0 Å². The Labute approximate surface area is 112 Å². The molecule has 0 spiro atoms. The fraction of sp³-hybridized carbons (Fsp3) is 0.625. The summed E-state index contributed by atoms with van der Waals surface area (Å²) in [6.45, 7) is 6.66. The lowest BCUT2D eigenvalue weighted by Crippen LogP contribution is -2.30. The van der Waals surface area contributed by atoms with Gasteiger partial charge < -0.3 is 5.32 Å². The van der Waals surface area contributed by atoms with Gasteiger partial charge in [0, 0.05) is 12.6 Å². The number of likely N-dealkylation sites (N-methyl/N-ethyl adjacent to an activating group) is 1. The molecule has 18 heavy (non-hydrogen) atoms. The van der Waals surface area contributed by atoms with Crippen LogP contribution in [-0.4, -0.2) is 31.6 Å². The molecule has 1 aromatic rings. The summed E-state index contributed by atoms with van der Waals surface area (Å²) in [6, 6.07) is 9.52. The van der Waals surface area contributed by atoms with Gasteiger partial charge >= 0.3 is 0 Å². The highest BCUT2D eigenvalue weighted by Crippen LogP contribution is 2.15. The second kappa shape index (κ2) is 8.28. The van der Waals surface area contributed by atoms with Crippen LogP contribution in [0.4, 0.5) is 0 Å². The Morgan fingerprint density at radius 1 is 1.11 bits per heavy atom. The van der Waals surface area contributed by atoms with E-state index in [9.17, 15) is 0 Å². The molecule has 0 radical (unpaired) electrons. The van der Waals surface area contributed by atoms with Gasteiger partial charge in [-0.05, 0) is 51.0 Å². The molecule has 0 aromatic heterocycles. The average Bonchev–Trinajstić information content (AvgIpc) is 2.39. The minimum Gasteiger partial charge on any atom is -0.319 e. The first-order chi connectivity index (χ1) is 8.72. The van der Waals surface area contributed by atoms with Crippen molar-refractivity contribution in [1.29, 1.82) is 0 Å². The van der Waals surface area contributed by atoms with Gasteiger partial charge in [-0.3, -0.25) is 4.90 Å². The normalized spacial score (nSPS) is 11.4. The Bertz CT molecular complexity index is 332. The predicted molar refractivity (Wildman–Crippen MR) is 79.9 cm³/mol. The summed E-state index contributed by atoms with van der Waals surface area (Å²) in [5.41, 5.74) is 2.95. The van der Waals surface area contributed by atoms with Gasteiger partial charge in [-0.2, -0.15) is 0 Å². The monoisotopic (exact) mass is 248 g/mol. The Hall–Kier alpha value is -0.860. The van der Waals surface area contributed by atoms with Crippen molar-refractivity contribution in [2.45, 2.75) is 45.7 Å². The van der Waals surface area contributed by atoms with E-state index in [1.807, 2.05) is 7.05 Å². The zero-order valence-corrected chi connectivity index (χ0v) is 12.4. The number of hydrogen-bond acceptors (Lipinski definition) is 2. The number of hydrogen-bond donors (Lipinski definition) is 1. The van der Waals surface area contributed by atoms with Crippen molar-refractivity contribution in [3.63, 3.8) is 0 Å². The highest BCUT2D eigenvalue weighted by atomic mass is 15.1. The molecule has 0 fully saturated rings. The van der Waals surface area contributed by atoms with Gasteiger partial charge in [0.15, 0.2) is 0 Å². The molecule has 0 amide bonds. The maximum atomic E-state index is 3.23. The minimum atomic E-state index is 0.697. The summed E-state index contributed by atoms with van der Waals surface area (Å²) in [7, 11) is 4.26. The second-order valence-electron chi connectivity index (χ2n) is 5.01. The summed E-state index contributed by atoms with van der Waals surface area (Å²) in [6.07, 6.45) is 3.57. The Morgan fingerprint density at radius 2 is 1.72 bits per heavy atom. The van der Waals surface area contributed by atoms with Crippen LogP contribution in [0.2, 0.25) is 0 Å². The Kier molecular flexibility index (Phi) is 6.99. The van der Waals surface area contributed by atoms with Gasteiger partial charge in [0.05, 0.1) is 0 Å². The fourth-order valence-corrected chi connectivity index (χ4v) is 2.53. The van der Waals surface area contributed by atoms with E-state index >= 15 is 0 Å². The molecule has 2 heteroatoms. The van der Waals surface area contributed by atoms with E-state index in [4.69, 9.17) is 0 Å². The smallest absolute Gasteiger partial charge is 0.0236 e. The largest absolute Gasteiger partial charge is 0.319 e. The Balaban J connectivity index is 2.70. The molecular weight excluding hydrogens is 220 g/mol. The van der Waals surface area contributed by atoms with Crippen LogP contribution in [0.25, 0.3) is 0 Å². The number of nitrogens with zero attached hydrogens (tertiary/aromatic N) is 1. The van der Waals surface area contributed by atoms with Gasteiger partial charge in [-0.1, -0.05) is 38.1 Å². The molecule has 0 aliphatic carbocycles. The molecule has 1 rings (SSSR count). The molecule has 0 atom stereocenters. The molecule has 0 aliphatic heterocycles. The summed E-state index contributed by atoms with van der Waals surface area (Å²) in [5.74, 6) is 0. The third-order valence-electron chi connectivity index (χ3n) is 3.75. The standard InChI is InChI=1S/C16H28N2/c1-5-16(6-2)18(4)13-15-10-8-7-9-14(15)11-12-17-3/h7-10,16-17H,5-6,11-13H2,1-4H3. The molecule has 1 aromatic carbocycles. The van der Waals surface area contributed by atoms with Crippen molar-refractivity contribution in [3.8, 4) is 0 Å². The van der Waals surface area contributed by atoms with Gasteiger partial charge in [-0.25, -0.2) is 0 Å². The highest BCUT2D eigenvalue weighted by molar-refractivity contribution is 5.27. The van der Waals surface area contributed by atoms with E-state index in [1.165, 1.54) is 24.0 Å². The van der Waals surface area contributed by atoms with E-state index in [1.54, 1.807) is 0 Å². The second-order valence-corrected chi connectivity index (χ2v) is 5.01. The van der Waals surface area contributed by atoms with Gasteiger partial charge in [0.2, 0.25) is 0 Å². The van der Waals surface area contributed by atoms with E-state index in [0.717, 1.165) is 19.5 Å². The van der Waals surface area contributed by atoms with Crippen LogP contribution in [0.5, 0.6) is 0 Å². The maximum Gasteiger partial charge on any atom is 0.0236 e. The van der Waals surface area contributed by atoms with Gasteiger partial charge in [-0.15, -0.1) is 0 Å².